The second-order valence-electron chi connectivity index (χ2n) is 9.70. The third-order valence-electron chi connectivity index (χ3n) is 6.71. The lowest BCUT2D eigenvalue weighted by Crippen LogP contribution is -2.41. The van der Waals surface area contributed by atoms with Gasteiger partial charge >= 0.3 is 0 Å². The number of hydrogen-bond acceptors (Lipinski definition) is 3. The molecule has 1 atom stereocenters. The molecule has 0 aromatic rings. The maximum atomic E-state index is 6.01. The minimum atomic E-state index is 0.122. The Morgan fingerprint density at radius 3 is 1.40 bits per heavy atom. The first-order chi connectivity index (χ1) is 14.8. The van der Waals surface area contributed by atoms with Gasteiger partial charge in [-0.05, 0) is 13.3 Å². The molecule has 3 nitrogen and oxygen atoms in total. The fourth-order valence-corrected chi connectivity index (χ4v) is 4.71. The Kier molecular flexibility index (Phi) is 18.6. The molecule has 30 heavy (non-hydrogen) atoms. The smallest absolute Gasteiger partial charge is 0.100 e. The number of rotatable bonds is 22. The number of nitrogens with two attached hydrogens (primary N) is 1. The zero-order chi connectivity index (χ0) is 21.7. The van der Waals surface area contributed by atoms with Crippen molar-refractivity contribution in [2.45, 2.75) is 155 Å². The molecule has 0 bridgehead atoms. The first-order valence-corrected chi connectivity index (χ1v) is 13.8. The van der Waals surface area contributed by atoms with Gasteiger partial charge < -0.3 is 10.6 Å². The van der Waals surface area contributed by atoms with Crippen LogP contribution in [0.1, 0.15) is 149 Å². The van der Waals surface area contributed by atoms with Gasteiger partial charge in [0.05, 0.1) is 12.7 Å². The Morgan fingerprint density at radius 1 is 0.667 bits per heavy atom. The van der Waals surface area contributed by atoms with E-state index in [0.717, 1.165) is 19.5 Å². The Hall–Kier alpha value is -0.570. The van der Waals surface area contributed by atoms with Crippen molar-refractivity contribution in [2.75, 3.05) is 13.1 Å². The highest BCUT2D eigenvalue weighted by Gasteiger charge is 2.18. The predicted octanol–water partition coefficient (Wildman–Crippen LogP) is 8.22. The van der Waals surface area contributed by atoms with Gasteiger partial charge in [0.15, 0.2) is 0 Å². The molecule has 0 saturated heterocycles. The Morgan fingerprint density at radius 2 is 1.03 bits per heavy atom. The summed E-state index contributed by atoms with van der Waals surface area (Å²) >= 11 is 0. The van der Waals surface area contributed by atoms with Crippen molar-refractivity contribution in [1.29, 1.82) is 0 Å². The number of nitrogens with zero attached hydrogens (tertiary/aromatic N) is 2. The van der Waals surface area contributed by atoms with Gasteiger partial charge in [-0.3, -0.25) is 4.99 Å². The van der Waals surface area contributed by atoms with E-state index in [4.69, 9.17) is 5.73 Å². The summed E-state index contributed by atoms with van der Waals surface area (Å²) in [5.74, 6) is 1.26. The van der Waals surface area contributed by atoms with Gasteiger partial charge in [-0.1, -0.05) is 129 Å². The van der Waals surface area contributed by atoms with E-state index in [1.54, 1.807) is 0 Å². The third-order valence-corrected chi connectivity index (χ3v) is 6.71. The van der Waals surface area contributed by atoms with Crippen LogP contribution < -0.4 is 5.73 Å². The summed E-state index contributed by atoms with van der Waals surface area (Å²) in [5, 5.41) is 0. The molecule has 178 valence electrons. The average Bonchev–Trinajstić information content (AvgIpc) is 3.21. The van der Waals surface area contributed by atoms with Crippen LogP contribution in [0.25, 0.3) is 0 Å². The highest BCUT2D eigenvalue weighted by atomic mass is 15.3. The molecule has 1 unspecified atom stereocenters. The summed E-state index contributed by atoms with van der Waals surface area (Å²) in [7, 11) is 0. The molecule has 3 heteroatoms. The Balaban J connectivity index is 1.71. The molecule has 2 N–H and O–H groups in total. The van der Waals surface area contributed by atoms with E-state index in [1.165, 1.54) is 134 Å². The minimum absolute atomic E-state index is 0.122. The van der Waals surface area contributed by atoms with Crippen molar-refractivity contribution >= 4 is 5.84 Å². The van der Waals surface area contributed by atoms with E-state index >= 15 is 0 Å². The van der Waals surface area contributed by atoms with Crippen LogP contribution >= 0.6 is 0 Å². The van der Waals surface area contributed by atoms with Crippen molar-refractivity contribution in [2.24, 2.45) is 10.7 Å². The van der Waals surface area contributed by atoms with E-state index in [-0.39, 0.29) is 6.17 Å². The zero-order valence-electron chi connectivity index (χ0n) is 20.8. The maximum Gasteiger partial charge on any atom is 0.100 e. The molecule has 1 aliphatic rings. The lowest BCUT2D eigenvalue weighted by atomic mass is 10.0. The van der Waals surface area contributed by atoms with Gasteiger partial charge in [-0.25, -0.2) is 0 Å². The van der Waals surface area contributed by atoms with Gasteiger partial charge in [-0.15, -0.1) is 0 Å². The fraction of sp³-hybridized carbons (Fsp3) is 0.963. The van der Waals surface area contributed by atoms with Crippen molar-refractivity contribution in [3.05, 3.63) is 0 Å². The van der Waals surface area contributed by atoms with Gasteiger partial charge in [0.25, 0.3) is 0 Å². The van der Waals surface area contributed by atoms with Crippen LogP contribution in [0, 0.1) is 0 Å². The van der Waals surface area contributed by atoms with E-state index < -0.39 is 0 Å². The fourth-order valence-electron chi connectivity index (χ4n) is 4.71. The monoisotopic (exact) mass is 421 g/mol. The van der Waals surface area contributed by atoms with E-state index in [9.17, 15) is 0 Å². The average molecular weight is 422 g/mol. The lowest BCUT2D eigenvalue weighted by Gasteiger charge is -2.24. The molecule has 0 amide bonds. The molecule has 1 rings (SSSR count). The molecular formula is C27H55N3. The normalized spacial score (nSPS) is 15.0. The van der Waals surface area contributed by atoms with Crippen molar-refractivity contribution in [1.82, 2.24) is 4.90 Å². The highest BCUT2D eigenvalue weighted by Crippen LogP contribution is 2.16. The van der Waals surface area contributed by atoms with Crippen LogP contribution in [0.15, 0.2) is 4.99 Å². The van der Waals surface area contributed by atoms with Crippen LogP contribution in [0.4, 0.5) is 0 Å². The van der Waals surface area contributed by atoms with Gasteiger partial charge in [0.2, 0.25) is 0 Å². The quantitative estimate of drug-likeness (QED) is 0.179. The molecule has 0 aromatic heterocycles. The molecule has 1 heterocycles. The summed E-state index contributed by atoms with van der Waals surface area (Å²) in [6.07, 6.45) is 30.0. The van der Waals surface area contributed by atoms with Gasteiger partial charge in [0.1, 0.15) is 5.84 Å². The van der Waals surface area contributed by atoms with E-state index in [0.29, 0.717) is 0 Å². The molecule has 0 aliphatic carbocycles. The maximum absolute atomic E-state index is 6.01. The Bertz CT molecular complexity index is 392. The molecule has 0 saturated carbocycles. The van der Waals surface area contributed by atoms with Crippen LogP contribution in [-0.4, -0.2) is 30.0 Å². The van der Waals surface area contributed by atoms with Crippen LogP contribution in [0.3, 0.4) is 0 Å². The van der Waals surface area contributed by atoms with Crippen molar-refractivity contribution in [3.8, 4) is 0 Å². The minimum Gasteiger partial charge on any atom is -0.343 e. The molecular weight excluding hydrogens is 366 g/mol. The summed E-state index contributed by atoms with van der Waals surface area (Å²) in [6, 6.07) is 0. The van der Waals surface area contributed by atoms with E-state index in [2.05, 4.69) is 23.7 Å². The first kappa shape index (κ1) is 27.5. The SMILES string of the molecule is CCCCCCCCCCCCCCCCCCCCCCC1=NCCN1C(C)N. The largest absolute Gasteiger partial charge is 0.343 e. The predicted molar refractivity (Wildman–Crippen MR) is 135 cm³/mol. The molecule has 0 radical (unpaired) electrons. The molecule has 1 aliphatic heterocycles. The number of amidine groups is 1. The van der Waals surface area contributed by atoms with Crippen molar-refractivity contribution < 1.29 is 0 Å². The second-order valence-corrected chi connectivity index (χ2v) is 9.70. The third kappa shape index (κ3) is 15.3. The Labute approximate surface area is 189 Å². The molecule has 0 spiro atoms. The summed E-state index contributed by atoms with van der Waals surface area (Å²) in [6.45, 7) is 6.33. The van der Waals surface area contributed by atoms with Crippen molar-refractivity contribution in [3.63, 3.8) is 0 Å². The number of hydrogen-bond donors (Lipinski definition) is 1. The van der Waals surface area contributed by atoms with Gasteiger partial charge in [-0.2, -0.15) is 0 Å². The van der Waals surface area contributed by atoms with Gasteiger partial charge in [0, 0.05) is 13.0 Å². The topological polar surface area (TPSA) is 41.6 Å². The number of unbranched alkanes of at least 4 members (excludes halogenated alkanes) is 19. The van der Waals surface area contributed by atoms with Crippen LogP contribution in [0.2, 0.25) is 0 Å². The zero-order valence-corrected chi connectivity index (χ0v) is 20.8. The van der Waals surface area contributed by atoms with Crippen LogP contribution in [-0.2, 0) is 0 Å². The first-order valence-electron chi connectivity index (χ1n) is 13.8. The summed E-state index contributed by atoms with van der Waals surface area (Å²) in [5.41, 5.74) is 6.01. The summed E-state index contributed by atoms with van der Waals surface area (Å²) in [4.78, 5) is 6.89. The van der Waals surface area contributed by atoms with Crippen LogP contribution in [0.5, 0.6) is 0 Å². The molecule has 0 aromatic carbocycles. The summed E-state index contributed by atoms with van der Waals surface area (Å²) < 4.78 is 0. The van der Waals surface area contributed by atoms with E-state index in [1.807, 2.05) is 0 Å². The second kappa shape index (κ2) is 20.3. The number of aliphatic imine (C=N–C) groups is 1. The lowest BCUT2D eigenvalue weighted by molar-refractivity contribution is 0.358. The molecule has 0 fully saturated rings. The highest BCUT2D eigenvalue weighted by molar-refractivity contribution is 5.83. The standard InChI is InChI=1S/C27H55N3/c1-3-4-5-6-7-8-9-10-11-12-13-14-15-16-17-18-19-20-21-22-23-27-29-24-25-30(27)26(2)28/h26H,3-25,28H2,1-2H3.